The van der Waals surface area contributed by atoms with Crippen LogP contribution in [0.1, 0.15) is 50.6 Å². The summed E-state index contributed by atoms with van der Waals surface area (Å²) in [7, 11) is 1.81. The molecule has 1 heterocycles. The van der Waals surface area contributed by atoms with Gasteiger partial charge in [0.25, 0.3) is 0 Å². The third-order valence-corrected chi connectivity index (χ3v) is 3.88. The molecule has 2 rings (SSSR count). The number of ether oxygens (including phenoxy) is 1. The van der Waals surface area contributed by atoms with Crippen molar-refractivity contribution >= 4 is 11.9 Å². The second-order valence-electron chi connectivity index (χ2n) is 7.11. The van der Waals surface area contributed by atoms with Gasteiger partial charge in [0, 0.05) is 12.6 Å². The van der Waals surface area contributed by atoms with Gasteiger partial charge in [-0.05, 0) is 39.2 Å². The summed E-state index contributed by atoms with van der Waals surface area (Å²) in [6, 6.07) is 9.68. The van der Waals surface area contributed by atoms with Gasteiger partial charge >= 0.3 is 6.09 Å². The number of rotatable bonds is 5. The Morgan fingerprint density at radius 2 is 1.96 bits per heavy atom. The van der Waals surface area contributed by atoms with Crippen LogP contribution in [0.5, 0.6) is 0 Å². The van der Waals surface area contributed by atoms with Crippen molar-refractivity contribution < 1.29 is 9.53 Å². The summed E-state index contributed by atoms with van der Waals surface area (Å²) in [6.07, 6.45) is 0.902. The molecule has 1 atom stereocenters. The molecule has 6 heteroatoms. The Bertz CT molecular complexity index is 717. The minimum atomic E-state index is -0.557. The van der Waals surface area contributed by atoms with E-state index in [4.69, 9.17) is 10.5 Å². The Kier molecular flexibility index (Phi) is 5.72. The molecule has 136 valence electrons. The molecule has 1 amide bonds. The van der Waals surface area contributed by atoms with E-state index in [1.807, 2.05) is 65.1 Å². The smallest absolute Gasteiger partial charge is 0.408 e. The molecule has 0 aliphatic heterocycles. The van der Waals surface area contributed by atoms with E-state index in [0.29, 0.717) is 12.2 Å². The molecule has 25 heavy (non-hydrogen) atoms. The van der Waals surface area contributed by atoms with Gasteiger partial charge in [0.2, 0.25) is 0 Å². The third kappa shape index (κ3) is 4.98. The van der Waals surface area contributed by atoms with E-state index in [1.165, 1.54) is 0 Å². The first-order valence-corrected chi connectivity index (χ1v) is 8.56. The van der Waals surface area contributed by atoms with Gasteiger partial charge < -0.3 is 15.8 Å². The fraction of sp³-hybridized carbons (Fsp3) is 0.474. The highest BCUT2D eigenvalue weighted by Gasteiger charge is 2.26. The first-order valence-electron chi connectivity index (χ1n) is 8.56. The molecule has 1 aromatic heterocycles. The van der Waals surface area contributed by atoms with Crippen molar-refractivity contribution in [3.63, 3.8) is 0 Å². The average Bonchev–Trinajstić information content (AvgIpc) is 2.81. The van der Waals surface area contributed by atoms with Crippen molar-refractivity contribution in [1.29, 1.82) is 0 Å². The van der Waals surface area contributed by atoms with Gasteiger partial charge in [-0.1, -0.05) is 37.3 Å². The van der Waals surface area contributed by atoms with Crippen molar-refractivity contribution in [2.24, 2.45) is 7.05 Å². The minimum Gasteiger partial charge on any atom is -0.444 e. The summed E-state index contributed by atoms with van der Waals surface area (Å²) in [5.74, 6) is 0.626. The molecule has 1 unspecified atom stereocenters. The lowest BCUT2D eigenvalue weighted by atomic mass is 9.99. The molecule has 0 aliphatic carbocycles. The number of nitrogens with two attached hydrogens (primary N) is 1. The lowest BCUT2D eigenvalue weighted by Gasteiger charge is -2.23. The van der Waals surface area contributed by atoms with Gasteiger partial charge in [-0.25, -0.2) is 4.79 Å². The van der Waals surface area contributed by atoms with E-state index in [-0.39, 0.29) is 6.04 Å². The molecule has 0 fully saturated rings. The van der Waals surface area contributed by atoms with Crippen LogP contribution in [0.4, 0.5) is 10.6 Å². The molecule has 0 aliphatic rings. The second kappa shape index (κ2) is 7.59. The van der Waals surface area contributed by atoms with Crippen LogP contribution in [0.2, 0.25) is 0 Å². The SMILES string of the molecule is CCc1c(C(Cc2ccccc2)NC(=O)OC(C)(C)C)nn(C)c1N. The Morgan fingerprint density at radius 3 is 2.52 bits per heavy atom. The Balaban J connectivity index is 2.32. The normalized spacial score (nSPS) is 12.7. The predicted molar refractivity (Wildman–Crippen MR) is 99.3 cm³/mol. The molecule has 3 N–H and O–H groups in total. The maximum absolute atomic E-state index is 12.3. The van der Waals surface area contributed by atoms with E-state index in [0.717, 1.165) is 23.2 Å². The number of carbonyl (C=O) groups excluding carboxylic acids is 1. The monoisotopic (exact) mass is 344 g/mol. The van der Waals surface area contributed by atoms with Crippen LogP contribution in [-0.2, 0) is 24.6 Å². The van der Waals surface area contributed by atoms with Crippen molar-refractivity contribution in [2.75, 3.05) is 5.73 Å². The molecule has 6 nitrogen and oxygen atoms in total. The number of nitrogens with one attached hydrogen (secondary N) is 1. The standard InChI is InChI=1S/C19H28N4O2/c1-6-14-16(22-23(5)17(14)20)15(12-13-10-8-7-9-11-13)21-18(24)25-19(2,3)4/h7-11,15H,6,12,20H2,1-5H3,(H,21,24). The summed E-state index contributed by atoms with van der Waals surface area (Å²) in [5, 5.41) is 7.51. The van der Waals surface area contributed by atoms with Crippen molar-refractivity contribution in [3.05, 3.63) is 47.2 Å². The number of carbonyl (C=O) groups is 1. The van der Waals surface area contributed by atoms with Gasteiger partial charge in [0.15, 0.2) is 0 Å². The molecule has 0 radical (unpaired) electrons. The number of hydrogen-bond donors (Lipinski definition) is 2. The number of nitrogen functional groups attached to an aromatic ring is 1. The highest BCUT2D eigenvalue weighted by atomic mass is 16.6. The van der Waals surface area contributed by atoms with Crippen molar-refractivity contribution in [2.45, 2.75) is 52.2 Å². The summed E-state index contributed by atoms with van der Waals surface area (Å²) in [5.41, 5.74) is 8.43. The molecular formula is C19H28N4O2. The number of amides is 1. The minimum absolute atomic E-state index is 0.310. The van der Waals surface area contributed by atoms with Gasteiger partial charge in [-0.15, -0.1) is 0 Å². The zero-order chi connectivity index (χ0) is 18.6. The van der Waals surface area contributed by atoms with Crippen LogP contribution in [0.15, 0.2) is 30.3 Å². The second-order valence-corrected chi connectivity index (χ2v) is 7.11. The molecular weight excluding hydrogens is 316 g/mol. The van der Waals surface area contributed by atoms with E-state index < -0.39 is 11.7 Å². The highest BCUT2D eigenvalue weighted by Crippen LogP contribution is 2.26. The number of hydrogen-bond acceptors (Lipinski definition) is 4. The maximum atomic E-state index is 12.3. The number of aromatic nitrogens is 2. The van der Waals surface area contributed by atoms with Crippen molar-refractivity contribution in [1.82, 2.24) is 15.1 Å². The quantitative estimate of drug-likeness (QED) is 0.871. The van der Waals surface area contributed by atoms with E-state index >= 15 is 0 Å². The fourth-order valence-electron chi connectivity index (χ4n) is 2.76. The van der Waals surface area contributed by atoms with E-state index in [9.17, 15) is 4.79 Å². The summed E-state index contributed by atoms with van der Waals surface area (Å²) in [6.45, 7) is 7.56. The van der Waals surface area contributed by atoms with Crippen molar-refractivity contribution in [3.8, 4) is 0 Å². The van der Waals surface area contributed by atoms with Gasteiger partial charge in [0.05, 0.1) is 11.7 Å². The maximum Gasteiger partial charge on any atom is 0.408 e. The molecule has 0 spiro atoms. The van der Waals surface area contributed by atoms with Crippen LogP contribution in [0.25, 0.3) is 0 Å². The van der Waals surface area contributed by atoms with Crippen LogP contribution < -0.4 is 11.1 Å². The molecule has 0 saturated carbocycles. The summed E-state index contributed by atoms with van der Waals surface area (Å²) < 4.78 is 7.08. The molecule has 0 bridgehead atoms. The molecule has 2 aromatic rings. The number of alkyl carbamates (subject to hydrolysis) is 1. The topological polar surface area (TPSA) is 82.2 Å². The number of anilines is 1. The van der Waals surface area contributed by atoms with E-state index in [1.54, 1.807) is 4.68 Å². The zero-order valence-corrected chi connectivity index (χ0v) is 15.7. The average molecular weight is 344 g/mol. The molecule has 1 aromatic carbocycles. The van der Waals surface area contributed by atoms with Gasteiger partial charge in [0.1, 0.15) is 11.4 Å². The lowest BCUT2D eigenvalue weighted by molar-refractivity contribution is 0.0502. The van der Waals surface area contributed by atoms with Crippen LogP contribution in [-0.4, -0.2) is 21.5 Å². The first-order chi connectivity index (χ1) is 11.7. The van der Waals surface area contributed by atoms with Crippen LogP contribution in [0.3, 0.4) is 0 Å². The van der Waals surface area contributed by atoms with E-state index in [2.05, 4.69) is 10.4 Å². The number of aryl methyl sites for hydroxylation is 1. The van der Waals surface area contributed by atoms with Gasteiger partial charge in [-0.2, -0.15) is 5.10 Å². The first kappa shape index (κ1) is 18.8. The van der Waals surface area contributed by atoms with Gasteiger partial charge in [-0.3, -0.25) is 4.68 Å². The summed E-state index contributed by atoms with van der Waals surface area (Å²) >= 11 is 0. The Morgan fingerprint density at radius 1 is 1.32 bits per heavy atom. The van der Waals surface area contributed by atoms with Crippen LogP contribution in [0, 0.1) is 0 Å². The number of nitrogens with zero attached hydrogens (tertiary/aromatic N) is 2. The van der Waals surface area contributed by atoms with Crippen LogP contribution >= 0.6 is 0 Å². The molecule has 0 saturated heterocycles. The number of benzene rings is 1. The summed E-state index contributed by atoms with van der Waals surface area (Å²) in [4.78, 5) is 12.3. The lowest BCUT2D eigenvalue weighted by Crippen LogP contribution is -2.36. The Labute approximate surface area is 149 Å². The zero-order valence-electron chi connectivity index (χ0n) is 15.7. The third-order valence-electron chi connectivity index (χ3n) is 3.88. The highest BCUT2D eigenvalue weighted by molar-refractivity contribution is 5.68. The fourth-order valence-corrected chi connectivity index (χ4v) is 2.76. The largest absolute Gasteiger partial charge is 0.444 e. The predicted octanol–water partition coefficient (Wildman–Crippen LogP) is 3.37. The Hall–Kier alpha value is -2.50.